The minimum absolute atomic E-state index is 0.833. The maximum absolute atomic E-state index is 4.23. The highest BCUT2D eigenvalue weighted by Gasteiger charge is 2.05. The van der Waals surface area contributed by atoms with Crippen molar-refractivity contribution in [1.82, 2.24) is 4.98 Å². The van der Waals surface area contributed by atoms with E-state index in [4.69, 9.17) is 0 Å². The number of halogens is 1. The van der Waals surface area contributed by atoms with Crippen LogP contribution in [-0.4, -0.2) is 17.2 Å². The fraction of sp³-hybridized carbons (Fsp3) is 0. The smallest absolute Gasteiger partial charge is 0.126 e. The van der Waals surface area contributed by atoms with E-state index in [9.17, 15) is 0 Å². The molecule has 4 heteroatoms. The predicted molar refractivity (Wildman–Crippen MR) is 65.7 cm³/mol. The first-order valence-corrected chi connectivity index (χ1v) is 5.08. The van der Waals surface area contributed by atoms with E-state index in [1.807, 2.05) is 18.2 Å². The van der Waals surface area contributed by atoms with E-state index in [2.05, 4.69) is 43.4 Å². The molecule has 0 atom stereocenters. The number of pyridine rings is 1. The van der Waals surface area contributed by atoms with E-state index < -0.39 is 0 Å². The molecular formula is C10H6IN3. The van der Waals surface area contributed by atoms with Crippen molar-refractivity contribution in [3.63, 3.8) is 0 Å². The summed E-state index contributed by atoms with van der Waals surface area (Å²) in [5, 5.41) is 0. The molecule has 0 aromatic carbocycles. The van der Waals surface area contributed by atoms with Gasteiger partial charge in [0.2, 0.25) is 0 Å². The van der Waals surface area contributed by atoms with Gasteiger partial charge in [0.25, 0.3) is 0 Å². The molecule has 1 aromatic rings. The first-order valence-electron chi connectivity index (χ1n) is 4.00. The molecule has 0 saturated carbocycles. The molecular weight excluding hydrogens is 289 g/mol. The van der Waals surface area contributed by atoms with E-state index in [1.165, 1.54) is 6.34 Å². The zero-order valence-corrected chi connectivity index (χ0v) is 9.34. The van der Waals surface area contributed by atoms with Crippen molar-refractivity contribution in [3.05, 3.63) is 39.7 Å². The lowest BCUT2D eigenvalue weighted by atomic mass is 10.2. The summed E-state index contributed by atoms with van der Waals surface area (Å²) in [6.07, 6.45) is 5.01. The highest BCUT2D eigenvalue weighted by atomic mass is 127. The Morgan fingerprint density at radius 2 is 2.21 bits per heavy atom. The van der Waals surface area contributed by atoms with Gasteiger partial charge in [-0.15, -0.1) is 0 Å². The Morgan fingerprint density at radius 3 is 3.00 bits per heavy atom. The average Bonchev–Trinajstić information content (AvgIpc) is 2.44. The van der Waals surface area contributed by atoms with Crippen LogP contribution in [0.15, 0.2) is 44.0 Å². The standard InChI is InChI=1S/C10H6IN3/c11-8-4-6-12-7-14-10(8)9-3-1-2-5-13-9/h1-5,7H. The van der Waals surface area contributed by atoms with Crippen LogP contribution in [0.1, 0.15) is 5.69 Å². The Bertz CT molecular complexity index is 454. The summed E-state index contributed by atoms with van der Waals surface area (Å²) in [4.78, 5) is 12.3. The van der Waals surface area contributed by atoms with Crippen LogP contribution in [0.2, 0.25) is 0 Å². The number of rotatable bonds is 1. The SMILES string of the molecule is IC1=C(c2ccccn2)N=CN=C=C1. The number of aromatic nitrogens is 1. The molecule has 2 rings (SSSR count). The maximum Gasteiger partial charge on any atom is 0.126 e. The van der Waals surface area contributed by atoms with Gasteiger partial charge in [0.15, 0.2) is 0 Å². The number of hydrogen-bond donors (Lipinski definition) is 0. The number of allylic oxidation sites excluding steroid dienone is 2. The summed E-state index contributed by atoms with van der Waals surface area (Å²) in [6.45, 7) is 0. The van der Waals surface area contributed by atoms with Gasteiger partial charge in [-0.25, -0.2) is 4.99 Å². The third-order valence-corrected chi connectivity index (χ3v) is 2.47. The lowest BCUT2D eigenvalue weighted by Crippen LogP contribution is -1.86. The van der Waals surface area contributed by atoms with Crippen LogP contribution in [0.4, 0.5) is 0 Å². The van der Waals surface area contributed by atoms with E-state index in [1.54, 1.807) is 12.3 Å². The summed E-state index contributed by atoms with van der Waals surface area (Å²) in [6, 6.07) is 5.73. The zero-order chi connectivity index (χ0) is 9.80. The largest absolute Gasteiger partial charge is 0.255 e. The molecule has 0 N–H and O–H groups in total. The van der Waals surface area contributed by atoms with E-state index in [-0.39, 0.29) is 0 Å². The molecule has 1 aliphatic heterocycles. The zero-order valence-electron chi connectivity index (χ0n) is 7.18. The molecule has 0 amide bonds. The molecule has 2 heterocycles. The minimum atomic E-state index is 0.833. The topological polar surface area (TPSA) is 37.6 Å². The van der Waals surface area contributed by atoms with Crippen molar-refractivity contribution in [2.24, 2.45) is 9.98 Å². The van der Waals surface area contributed by atoms with Crippen LogP contribution in [-0.2, 0) is 0 Å². The van der Waals surface area contributed by atoms with Crippen molar-refractivity contribution in [3.8, 4) is 0 Å². The number of hydrogen-bond acceptors (Lipinski definition) is 3. The molecule has 3 nitrogen and oxygen atoms in total. The molecule has 0 unspecified atom stereocenters. The van der Waals surface area contributed by atoms with Gasteiger partial charge >= 0.3 is 0 Å². The molecule has 14 heavy (non-hydrogen) atoms. The molecule has 0 fully saturated rings. The van der Waals surface area contributed by atoms with Crippen molar-refractivity contribution >= 4 is 40.5 Å². The monoisotopic (exact) mass is 295 g/mol. The second-order valence-corrected chi connectivity index (χ2v) is 3.72. The highest BCUT2D eigenvalue weighted by Crippen LogP contribution is 2.23. The van der Waals surface area contributed by atoms with E-state index in [0.29, 0.717) is 0 Å². The summed E-state index contributed by atoms with van der Waals surface area (Å²) < 4.78 is 0.985. The summed E-state index contributed by atoms with van der Waals surface area (Å²) >= 11 is 2.19. The van der Waals surface area contributed by atoms with Gasteiger partial charge in [0.05, 0.1) is 9.27 Å². The molecule has 68 valence electrons. The molecule has 0 radical (unpaired) electrons. The maximum atomic E-state index is 4.23. The second kappa shape index (κ2) is 4.30. The van der Waals surface area contributed by atoms with Crippen LogP contribution in [0.5, 0.6) is 0 Å². The molecule has 1 aromatic heterocycles. The van der Waals surface area contributed by atoms with Gasteiger partial charge in [0.1, 0.15) is 12.0 Å². The van der Waals surface area contributed by atoms with Gasteiger partial charge in [-0.2, -0.15) is 4.99 Å². The van der Waals surface area contributed by atoms with Crippen LogP contribution < -0.4 is 0 Å². The van der Waals surface area contributed by atoms with Crippen molar-refractivity contribution < 1.29 is 0 Å². The summed E-state index contributed by atoms with van der Waals surface area (Å²) in [5.41, 5.74) is 1.68. The molecule has 0 bridgehead atoms. The lowest BCUT2D eigenvalue weighted by molar-refractivity contribution is 1.26. The van der Waals surface area contributed by atoms with Crippen LogP contribution in [0.3, 0.4) is 0 Å². The van der Waals surface area contributed by atoms with Crippen molar-refractivity contribution in [1.29, 1.82) is 0 Å². The Morgan fingerprint density at radius 1 is 1.29 bits per heavy atom. The first kappa shape index (κ1) is 9.30. The van der Waals surface area contributed by atoms with E-state index >= 15 is 0 Å². The fourth-order valence-electron chi connectivity index (χ4n) is 1.04. The van der Waals surface area contributed by atoms with Gasteiger partial charge < -0.3 is 0 Å². The van der Waals surface area contributed by atoms with Crippen LogP contribution in [0.25, 0.3) is 5.70 Å². The highest BCUT2D eigenvalue weighted by molar-refractivity contribution is 14.1. The van der Waals surface area contributed by atoms with Crippen molar-refractivity contribution in [2.75, 3.05) is 0 Å². The molecule has 0 saturated heterocycles. The molecule has 1 aliphatic rings. The summed E-state index contributed by atoms with van der Waals surface area (Å²) in [5.74, 6) is 2.75. The molecule has 0 spiro atoms. The van der Waals surface area contributed by atoms with Crippen LogP contribution >= 0.6 is 22.6 Å². The fourth-order valence-corrected chi connectivity index (χ4v) is 1.59. The van der Waals surface area contributed by atoms with Crippen LogP contribution in [0, 0.1) is 0 Å². The average molecular weight is 295 g/mol. The number of aliphatic imine (C=N–C) groups is 2. The normalized spacial score (nSPS) is 14.6. The van der Waals surface area contributed by atoms with Gasteiger partial charge in [-0.3, -0.25) is 4.98 Å². The third-order valence-electron chi connectivity index (χ3n) is 1.64. The van der Waals surface area contributed by atoms with Gasteiger partial charge in [-0.05, 0) is 40.6 Å². The van der Waals surface area contributed by atoms with E-state index in [0.717, 1.165) is 15.0 Å². The quantitative estimate of drug-likeness (QED) is 0.733. The number of nitrogens with zero attached hydrogens (tertiary/aromatic N) is 3. The lowest BCUT2D eigenvalue weighted by Gasteiger charge is -2.00. The minimum Gasteiger partial charge on any atom is -0.255 e. The third kappa shape index (κ3) is 1.97. The Balaban J connectivity index is 2.50. The predicted octanol–water partition coefficient (Wildman–Crippen LogP) is 2.45. The second-order valence-electron chi connectivity index (χ2n) is 2.56. The van der Waals surface area contributed by atoms with Crippen molar-refractivity contribution in [2.45, 2.75) is 0 Å². The Kier molecular flexibility index (Phi) is 2.86. The Hall–Kier alpha value is -1.26. The Labute approximate surface area is 95.1 Å². The first-order chi connectivity index (χ1) is 6.88. The van der Waals surface area contributed by atoms with Gasteiger partial charge in [0, 0.05) is 12.3 Å². The molecule has 0 aliphatic carbocycles. The summed E-state index contributed by atoms with van der Waals surface area (Å²) in [7, 11) is 0. The van der Waals surface area contributed by atoms with Gasteiger partial charge in [-0.1, -0.05) is 6.07 Å².